The summed E-state index contributed by atoms with van der Waals surface area (Å²) in [4.78, 5) is 30.6. The lowest BCUT2D eigenvalue weighted by molar-refractivity contribution is -0.137. The van der Waals surface area contributed by atoms with E-state index in [-0.39, 0.29) is 40.9 Å². The van der Waals surface area contributed by atoms with Gasteiger partial charge in [0.05, 0.1) is 36.9 Å². The maximum atomic E-state index is 13.5. The standard InChI is InChI=1S/C23H23F2N3O6/c1-31-19-12-15(6-7-18(19)33-14-21(29)27-8-10-32-11-9-27)22(30)34-13-20-26-16-4-2-3-5-17(16)28(20)23(24)25/h2-7,12,23H,8-11,13-14H2,1H3. The third kappa shape index (κ3) is 5.09. The molecule has 1 aliphatic heterocycles. The molecule has 1 saturated heterocycles. The minimum absolute atomic E-state index is 0.0712. The van der Waals surface area contributed by atoms with Gasteiger partial charge in [-0.25, -0.2) is 9.78 Å². The van der Waals surface area contributed by atoms with Crippen LogP contribution in [-0.4, -0.2) is 66.3 Å². The number of halogens is 2. The summed E-state index contributed by atoms with van der Waals surface area (Å²) in [6.07, 6.45) is 0. The van der Waals surface area contributed by atoms with Gasteiger partial charge in [-0.15, -0.1) is 0 Å². The van der Waals surface area contributed by atoms with Gasteiger partial charge in [-0.05, 0) is 30.3 Å². The molecule has 0 N–H and O–H groups in total. The van der Waals surface area contributed by atoms with Gasteiger partial charge in [0.1, 0.15) is 6.61 Å². The molecule has 4 rings (SSSR count). The van der Waals surface area contributed by atoms with Crippen molar-refractivity contribution in [3.63, 3.8) is 0 Å². The predicted molar refractivity (Wildman–Crippen MR) is 116 cm³/mol. The first-order valence-corrected chi connectivity index (χ1v) is 10.6. The molecular weight excluding hydrogens is 452 g/mol. The number of amides is 1. The van der Waals surface area contributed by atoms with Crippen molar-refractivity contribution < 1.29 is 37.3 Å². The fraction of sp³-hybridized carbons (Fsp3) is 0.348. The highest BCUT2D eigenvalue weighted by molar-refractivity contribution is 5.90. The number of methoxy groups -OCH3 is 1. The van der Waals surface area contributed by atoms with Crippen LogP contribution < -0.4 is 9.47 Å². The maximum Gasteiger partial charge on any atom is 0.338 e. The summed E-state index contributed by atoms with van der Waals surface area (Å²) >= 11 is 0. The van der Waals surface area contributed by atoms with Crippen molar-refractivity contribution in [1.82, 2.24) is 14.5 Å². The lowest BCUT2D eigenvalue weighted by atomic mass is 10.2. The van der Waals surface area contributed by atoms with E-state index in [0.717, 1.165) is 4.57 Å². The normalized spacial score (nSPS) is 13.8. The summed E-state index contributed by atoms with van der Waals surface area (Å²) in [5.41, 5.74) is 0.755. The number of carbonyl (C=O) groups is 2. The number of benzene rings is 2. The fourth-order valence-corrected chi connectivity index (χ4v) is 3.58. The highest BCUT2D eigenvalue weighted by atomic mass is 19.3. The number of morpholine rings is 1. The topological polar surface area (TPSA) is 92.1 Å². The van der Waals surface area contributed by atoms with Gasteiger partial charge >= 0.3 is 12.5 Å². The second kappa shape index (κ2) is 10.5. The monoisotopic (exact) mass is 475 g/mol. The predicted octanol–water partition coefficient (Wildman–Crippen LogP) is 3.03. The number of aromatic nitrogens is 2. The number of carbonyl (C=O) groups excluding carboxylic acids is 2. The molecule has 1 aliphatic rings. The number of hydrogen-bond acceptors (Lipinski definition) is 7. The third-order valence-electron chi connectivity index (χ3n) is 5.31. The average molecular weight is 475 g/mol. The molecule has 180 valence electrons. The Kier molecular flexibility index (Phi) is 7.21. The van der Waals surface area contributed by atoms with Gasteiger partial charge in [0.15, 0.2) is 23.9 Å². The van der Waals surface area contributed by atoms with E-state index < -0.39 is 19.1 Å². The van der Waals surface area contributed by atoms with Crippen molar-refractivity contribution in [3.05, 3.63) is 53.9 Å². The van der Waals surface area contributed by atoms with Crippen LogP contribution in [0.2, 0.25) is 0 Å². The van der Waals surface area contributed by atoms with Crippen LogP contribution >= 0.6 is 0 Å². The smallest absolute Gasteiger partial charge is 0.338 e. The van der Waals surface area contributed by atoms with E-state index in [0.29, 0.717) is 31.8 Å². The van der Waals surface area contributed by atoms with E-state index in [1.165, 1.54) is 31.4 Å². The van der Waals surface area contributed by atoms with Crippen LogP contribution in [0, 0.1) is 0 Å². The lowest BCUT2D eigenvalue weighted by Gasteiger charge is -2.26. The lowest BCUT2D eigenvalue weighted by Crippen LogP contribution is -2.43. The number of fused-ring (bicyclic) bond motifs is 1. The summed E-state index contributed by atoms with van der Waals surface area (Å²) in [6.45, 7) is -1.49. The fourth-order valence-electron chi connectivity index (χ4n) is 3.58. The quantitative estimate of drug-likeness (QED) is 0.463. The van der Waals surface area contributed by atoms with Gasteiger partial charge in [0.2, 0.25) is 0 Å². The molecule has 0 unspecified atom stereocenters. The van der Waals surface area contributed by atoms with Gasteiger partial charge in [0, 0.05) is 13.1 Å². The van der Waals surface area contributed by atoms with Crippen molar-refractivity contribution in [2.24, 2.45) is 0 Å². The van der Waals surface area contributed by atoms with Crippen LogP contribution in [0.4, 0.5) is 8.78 Å². The highest BCUT2D eigenvalue weighted by Gasteiger charge is 2.21. The molecule has 11 heteroatoms. The average Bonchev–Trinajstić information content (AvgIpc) is 3.25. The summed E-state index contributed by atoms with van der Waals surface area (Å²) in [7, 11) is 1.39. The Morgan fingerprint density at radius 2 is 1.88 bits per heavy atom. The molecule has 3 aromatic rings. The van der Waals surface area contributed by atoms with Gasteiger partial charge in [-0.1, -0.05) is 12.1 Å². The first-order valence-electron chi connectivity index (χ1n) is 10.6. The zero-order chi connectivity index (χ0) is 24.1. The number of rotatable bonds is 8. The Morgan fingerprint density at radius 1 is 1.12 bits per heavy atom. The Hall–Kier alpha value is -3.73. The van der Waals surface area contributed by atoms with Crippen molar-refractivity contribution in [2.75, 3.05) is 40.0 Å². The Morgan fingerprint density at radius 3 is 2.62 bits per heavy atom. The van der Waals surface area contributed by atoms with Crippen molar-refractivity contribution in [1.29, 1.82) is 0 Å². The second-order valence-electron chi connectivity index (χ2n) is 7.39. The molecule has 0 atom stereocenters. The molecule has 0 aliphatic carbocycles. The Balaban J connectivity index is 1.41. The van der Waals surface area contributed by atoms with Crippen molar-refractivity contribution in [2.45, 2.75) is 13.2 Å². The van der Waals surface area contributed by atoms with Gasteiger partial charge in [-0.3, -0.25) is 9.36 Å². The molecule has 0 bridgehead atoms. The SMILES string of the molecule is COc1cc(C(=O)OCc2nc3ccccc3n2C(F)F)ccc1OCC(=O)N1CCOCC1. The van der Waals surface area contributed by atoms with E-state index in [9.17, 15) is 18.4 Å². The molecule has 2 aromatic carbocycles. The largest absolute Gasteiger partial charge is 0.493 e. The number of para-hydroxylation sites is 2. The number of alkyl halides is 2. The van der Waals surface area contributed by atoms with E-state index in [1.807, 2.05) is 0 Å². The molecular formula is C23H23F2N3O6. The Labute approximate surface area is 193 Å². The third-order valence-corrected chi connectivity index (χ3v) is 5.31. The van der Waals surface area contributed by atoms with E-state index >= 15 is 0 Å². The Bertz CT molecular complexity index is 1180. The first-order chi connectivity index (χ1) is 16.5. The van der Waals surface area contributed by atoms with Crippen LogP contribution in [0.15, 0.2) is 42.5 Å². The molecule has 34 heavy (non-hydrogen) atoms. The minimum atomic E-state index is -2.84. The zero-order valence-corrected chi connectivity index (χ0v) is 18.4. The van der Waals surface area contributed by atoms with Crippen LogP contribution in [0.5, 0.6) is 11.5 Å². The van der Waals surface area contributed by atoms with Gasteiger partial charge in [-0.2, -0.15) is 8.78 Å². The number of hydrogen-bond donors (Lipinski definition) is 0. The van der Waals surface area contributed by atoms with Crippen LogP contribution in [0.1, 0.15) is 22.7 Å². The highest BCUT2D eigenvalue weighted by Crippen LogP contribution is 2.29. The van der Waals surface area contributed by atoms with E-state index in [2.05, 4.69) is 4.98 Å². The van der Waals surface area contributed by atoms with Crippen molar-refractivity contribution in [3.8, 4) is 11.5 Å². The minimum Gasteiger partial charge on any atom is -0.493 e. The number of imidazole rings is 1. The molecule has 0 saturated carbocycles. The number of nitrogens with zero attached hydrogens (tertiary/aromatic N) is 3. The zero-order valence-electron chi connectivity index (χ0n) is 18.4. The van der Waals surface area contributed by atoms with Gasteiger partial charge in [0.25, 0.3) is 5.91 Å². The maximum absolute atomic E-state index is 13.5. The molecule has 1 amide bonds. The van der Waals surface area contributed by atoms with E-state index in [1.54, 1.807) is 23.1 Å². The molecule has 9 nitrogen and oxygen atoms in total. The number of ether oxygens (including phenoxy) is 4. The molecule has 1 aromatic heterocycles. The molecule has 0 radical (unpaired) electrons. The summed E-state index contributed by atoms with van der Waals surface area (Å²) in [6, 6.07) is 10.8. The number of esters is 1. The molecule has 0 spiro atoms. The van der Waals surface area contributed by atoms with Crippen LogP contribution in [0.25, 0.3) is 11.0 Å². The van der Waals surface area contributed by atoms with E-state index in [4.69, 9.17) is 18.9 Å². The summed E-state index contributed by atoms with van der Waals surface area (Å²) < 4.78 is 49.1. The van der Waals surface area contributed by atoms with Crippen LogP contribution in [0.3, 0.4) is 0 Å². The second-order valence-corrected chi connectivity index (χ2v) is 7.39. The molecule has 1 fully saturated rings. The molecule has 2 heterocycles. The van der Waals surface area contributed by atoms with Crippen molar-refractivity contribution >= 4 is 22.9 Å². The first kappa shape index (κ1) is 23.4. The summed E-state index contributed by atoms with van der Waals surface area (Å²) in [5, 5.41) is 0. The van der Waals surface area contributed by atoms with Gasteiger partial charge < -0.3 is 23.8 Å². The summed E-state index contributed by atoms with van der Waals surface area (Å²) in [5.74, 6) is -0.500. The van der Waals surface area contributed by atoms with Crippen LogP contribution in [-0.2, 0) is 20.9 Å².